The molecule has 2 atom stereocenters. The largest absolute Gasteiger partial charge is 0.365 e. The molecule has 3 nitrogen and oxygen atoms in total. The molecule has 3 heteroatoms. The SMILES string of the molecule is CN1C(=O)C2=C(C1=C1CCC1)C1CCC2O1. The summed E-state index contributed by atoms with van der Waals surface area (Å²) in [4.78, 5) is 14.1. The van der Waals surface area contributed by atoms with E-state index in [-0.39, 0.29) is 18.1 Å². The summed E-state index contributed by atoms with van der Waals surface area (Å²) >= 11 is 0. The zero-order valence-electron chi connectivity index (χ0n) is 9.45. The van der Waals surface area contributed by atoms with Crippen LogP contribution in [0.25, 0.3) is 0 Å². The van der Waals surface area contributed by atoms with Crippen LogP contribution in [-0.2, 0) is 9.53 Å². The van der Waals surface area contributed by atoms with E-state index in [1.807, 2.05) is 11.9 Å². The Labute approximate surface area is 94.8 Å². The van der Waals surface area contributed by atoms with Crippen LogP contribution in [0, 0.1) is 0 Å². The van der Waals surface area contributed by atoms with Crippen molar-refractivity contribution < 1.29 is 9.53 Å². The van der Waals surface area contributed by atoms with Gasteiger partial charge in [-0.2, -0.15) is 0 Å². The molecule has 2 bridgehead atoms. The maximum atomic E-state index is 12.2. The second-order valence-electron chi connectivity index (χ2n) is 5.19. The number of rotatable bonds is 0. The molecule has 0 aromatic heterocycles. The average Bonchev–Trinajstić information content (AvgIpc) is 2.84. The number of carbonyl (C=O) groups is 1. The minimum atomic E-state index is 0.105. The van der Waals surface area contributed by atoms with Crippen LogP contribution < -0.4 is 0 Å². The van der Waals surface area contributed by atoms with Gasteiger partial charge in [-0.05, 0) is 37.7 Å². The first-order valence-corrected chi connectivity index (χ1v) is 6.17. The first-order valence-electron chi connectivity index (χ1n) is 6.17. The summed E-state index contributed by atoms with van der Waals surface area (Å²) in [5, 5.41) is 0. The molecule has 1 aliphatic carbocycles. The molecule has 0 aromatic carbocycles. The minimum absolute atomic E-state index is 0.105. The Morgan fingerprint density at radius 1 is 1.19 bits per heavy atom. The zero-order chi connectivity index (χ0) is 10.9. The fourth-order valence-electron chi connectivity index (χ4n) is 3.42. The Morgan fingerprint density at radius 3 is 2.50 bits per heavy atom. The molecule has 1 saturated heterocycles. The van der Waals surface area contributed by atoms with Crippen LogP contribution in [0.1, 0.15) is 32.1 Å². The molecule has 1 amide bonds. The lowest BCUT2D eigenvalue weighted by molar-refractivity contribution is -0.124. The third-order valence-corrected chi connectivity index (χ3v) is 4.37. The van der Waals surface area contributed by atoms with Crippen molar-refractivity contribution >= 4 is 5.91 Å². The molecule has 84 valence electrons. The number of fused-ring (bicyclic) bond motifs is 4. The van der Waals surface area contributed by atoms with E-state index in [4.69, 9.17) is 4.74 Å². The van der Waals surface area contributed by atoms with Gasteiger partial charge in [0.25, 0.3) is 5.91 Å². The van der Waals surface area contributed by atoms with Crippen molar-refractivity contribution in [2.24, 2.45) is 0 Å². The van der Waals surface area contributed by atoms with Crippen LogP contribution in [0.3, 0.4) is 0 Å². The van der Waals surface area contributed by atoms with Crippen molar-refractivity contribution in [3.63, 3.8) is 0 Å². The van der Waals surface area contributed by atoms with Gasteiger partial charge in [-0.3, -0.25) is 4.79 Å². The van der Waals surface area contributed by atoms with Gasteiger partial charge in [0.05, 0.1) is 17.8 Å². The molecular weight excluding hydrogens is 202 g/mol. The lowest BCUT2D eigenvalue weighted by atomic mass is 9.85. The third kappa shape index (κ3) is 0.869. The fourth-order valence-corrected chi connectivity index (χ4v) is 3.42. The van der Waals surface area contributed by atoms with Crippen LogP contribution in [-0.4, -0.2) is 30.1 Å². The normalized spacial score (nSPS) is 36.3. The molecule has 0 aromatic rings. The van der Waals surface area contributed by atoms with Gasteiger partial charge in [-0.1, -0.05) is 0 Å². The van der Waals surface area contributed by atoms with E-state index < -0.39 is 0 Å². The molecule has 16 heavy (non-hydrogen) atoms. The van der Waals surface area contributed by atoms with E-state index in [0.29, 0.717) is 0 Å². The predicted molar refractivity (Wildman–Crippen MR) is 58.6 cm³/mol. The Balaban J connectivity index is 1.90. The average molecular weight is 217 g/mol. The summed E-state index contributed by atoms with van der Waals surface area (Å²) in [5.41, 5.74) is 4.92. The monoisotopic (exact) mass is 217 g/mol. The first-order chi connectivity index (χ1) is 7.77. The summed E-state index contributed by atoms with van der Waals surface area (Å²) < 4.78 is 5.85. The van der Waals surface area contributed by atoms with Gasteiger partial charge >= 0.3 is 0 Å². The molecule has 3 aliphatic heterocycles. The smallest absolute Gasteiger partial charge is 0.257 e. The molecule has 4 rings (SSSR count). The number of nitrogens with zero attached hydrogens (tertiary/aromatic N) is 1. The number of ether oxygens (including phenoxy) is 1. The van der Waals surface area contributed by atoms with Gasteiger partial charge in [-0.15, -0.1) is 0 Å². The number of carbonyl (C=O) groups excluding carboxylic acids is 1. The molecular formula is C13H15NO2. The molecule has 4 aliphatic rings. The molecule has 1 saturated carbocycles. The summed E-state index contributed by atoms with van der Waals surface area (Å²) in [6.07, 6.45) is 6.07. The maximum Gasteiger partial charge on any atom is 0.257 e. The second kappa shape index (κ2) is 2.77. The number of hydrogen-bond acceptors (Lipinski definition) is 2. The summed E-state index contributed by atoms with van der Waals surface area (Å²) in [7, 11) is 1.92. The van der Waals surface area contributed by atoms with E-state index in [1.54, 1.807) is 0 Å². The van der Waals surface area contributed by atoms with Gasteiger partial charge < -0.3 is 9.64 Å². The molecule has 0 spiro atoms. The Morgan fingerprint density at radius 2 is 1.88 bits per heavy atom. The lowest BCUT2D eigenvalue weighted by Crippen LogP contribution is -2.27. The van der Waals surface area contributed by atoms with Crippen molar-refractivity contribution in [3.8, 4) is 0 Å². The van der Waals surface area contributed by atoms with E-state index in [9.17, 15) is 4.79 Å². The van der Waals surface area contributed by atoms with E-state index in [0.717, 1.165) is 18.4 Å². The summed E-state index contributed by atoms with van der Waals surface area (Å²) in [5.74, 6) is 0.191. The minimum Gasteiger partial charge on any atom is -0.365 e. The molecule has 0 N–H and O–H groups in total. The van der Waals surface area contributed by atoms with Crippen LogP contribution in [0.5, 0.6) is 0 Å². The number of allylic oxidation sites excluding steroid dienone is 1. The van der Waals surface area contributed by atoms with E-state index in [1.165, 1.54) is 36.1 Å². The van der Waals surface area contributed by atoms with Crippen LogP contribution in [0.2, 0.25) is 0 Å². The fraction of sp³-hybridized carbons (Fsp3) is 0.615. The van der Waals surface area contributed by atoms with Crippen molar-refractivity contribution in [1.82, 2.24) is 4.90 Å². The Kier molecular flexibility index (Phi) is 1.56. The quantitative estimate of drug-likeness (QED) is 0.618. The highest BCUT2D eigenvalue weighted by Gasteiger charge is 2.51. The lowest BCUT2D eigenvalue weighted by Gasteiger charge is -2.26. The highest BCUT2D eigenvalue weighted by Crippen LogP contribution is 2.50. The van der Waals surface area contributed by atoms with E-state index in [2.05, 4.69) is 0 Å². The Bertz CT molecular complexity index is 455. The molecule has 3 heterocycles. The van der Waals surface area contributed by atoms with Crippen LogP contribution in [0.4, 0.5) is 0 Å². The molecule has 0 radical (unpaired) electrons. The number of amides is 1. The van der Waals surface area contributed by atoms with Gasteiger partial charge in [0.15, 0.2) is 0 Å². The first kappa shape index (κ1) is 8.99. The number of hydrogen-bond donors (Lipinski definition) is 0. The second-order valence-corrected chi connectivity index (χ2v) is 5.19. The van der Waals surface area contributed by atoms with Crippen LogP contribution in [0.15, 0.2) is 22.4 Å². The van der Waals surface area contributed by atoms with Crippen molar-refractivity contribution in [2.45, 2.75) is 44.3 Å². The molecule has 2 unspecified atom stereocenters. The summed E-state index contributed by atoms with van der Waals surface area (Å²) in [6.45, 7) is 0. The standard InChI is InChI=1S/C13H15NO2/c1-14-12(7-3-2-4-7)10-8-5-6-9(16-8)11(10)13(14)15/h8-9H,2-6H2,1H3. The van der Waals surface area contributed by atoms with Crippen LogP contribution >= 0.6 is 0 Å². The third-order valence-electron chi connectivity index (χ3n) is 4.37. The Hall–Kier alpha value is -1.09. The maximum absolute atomic E-state index is 12.2. The van der Waals surface area contributed by atoms with E-state index >= 15 is 0 Å². The highest BCUT2D eigenvalue weighted by molar-refractivity contribution is 6.02. The zero-order valence-corrected chi connectivity index (χ0v) is 9.45. The van der Waals surface area contributed by atoms with Gasteiger partial charge in [-0.25, -0.2) is 0 Å². The highest BCUT2D eigenvalue weighted by atomic mass is 16.5. The summed E-state index contributed by atoms with van der Waals surface area (Å²) in [6, 6.07) is 0. The topological polar surface area (TPSA) is 29.5 Å². The number of likely N-dealkylation sites (N-methyl/N-ethyl adjacent to an activating group) is 1. The van der Waals surface area contributed by atoms with Crippen molar-refractivity contribution in [3.05, 3.63) is 22.4 Å². The van der Waals surface area contributed by atoms with Crippen molar-refractivity contribution in [2.75, 3.05) is 7.05 Å². The predicted octanol–water partition coefficient (Wildman–Crippen LogP) is 1.75. The van der Waals surface area contributed by atoms with Crippen molar-refractivity contribution in [1.29, 1.82) is 0 Å². The van der Waals surface area contributed by atoms with Gasteiger partial charge in [0.2, 0.25) is 0 Å². The van der Waals surface area contributed by atoms with Gasteiger partial charge in [0.1, 0.15) is 0 Å². The molecule has 2 fully saturated rings. The van der Waals surface area contributed by atoms with Gasteiger partial charge in [0, 0.05) is 18.3 Å².